The minimum absolute atomic E-state index is 0.0132. The Kier molecular flexibility index (Phi) is 7.87. The zero-order valence-electron chi connectivity index (χ0n) is 23.2. The largest absolute Gasteiger partial charge is 0.496 e. The number of dihydropyridines is 1. The monoisotopic (exact) mass is 552 g/mol. The first-order chi connectivity index (χ1) is 19.8. The molecular weight excluding hydrogens is 520 g/mol. The van der Waals surface area contributed by atoms with Crippen molar-refractivity contribution in [2.75, 3.05) is 12.4 Å². The van der Waals surface area contributed by atoms with Gasteiger partial charge in [-0.25, -0.2) is 4.98 Å². The average molecular weight is 553 g/mol. The Labute approximate surface area is 238 Å². The molecule has 1 aromatic heterocycles. The minimum Gasteiger partial charge on any atom is -0.496 e. The van der Waals surface area contributed by atoms with Crippen LogP contribution in [0.5, 0.6) is 11.5 Å². The summed E-state index contributed by atoms with van der Waals surface area (Å²) in [6.07, 6.45) is 3.53. The van der Waals surface area contributed by atoms with Crippen LogP contribution in [-0.4, -0.2) is 29.7 Å². The number of carbonyl (C=O) groups excluding carboxylic acids is 3. The standard InChI is InChI=1S/C32H32N4O5/c1-18-13-14-34-27(15-18)36-32(39)28-19(2)35-23-8-6-9-24(37)30(23)29(28)20-11-12-25(40-3)21(16-20)17-41-26-10-5-4-7-22(26)31(33)38/h4-5,7,10-16,29,35H,6,8-9,17H2,1-3H3,(H2,33,38)(H,34,36,39)/t29-/m0/s1. The van der Waals surface area contributed by atoms with E-state index in [1.807, 2.05) is 32.0 Å². The summed E-state index contributed by atoms with van der Waals surface area (Å²) in [6.45, 7) is 3.85. The van der Waals surface area contributed by atoms with E-state index in [4.69, 9.17) is 15.2 Å². The summed E-state index contributed by atoms with van der Waals surface area (Å²) in [7, 11) is 1.56. The molecule has 1 aliphatic heterocycles. The summed E-state index contributed by atoms with van der Waals surface area (Å²) in [4.78, 5) is 43.3. The Bertz CT molecular complexity index is 1610. The van der Waals surface area contributed by atoms with Gasteiger partial charge in [0.05, 0.1) is 12.7 Å². The molecule has 0 bridgehead atoms. The van der Waals surface area contributed by atoms with Crippen LogP contribution in [0.1, 0.15) is 59.2 Å². The molecule has 2 amide bonds. The summed E-state index contributed by atoms with van der Waals surface area (Å²) in [5.74, 6) is -0.175. The molecule has 0 radical (unpaired) electrons. The van der Waals surface area contributed by atoms with Gasteiger partial charge in [-0.1, -0.05) is 18.2 Å². The molecule has 0 unspecified atom stereocenters. The van der Waals surface area contributed by atoms with E-state index < -0.39 is 11.8 Å². The number of nitrogens with zero attached hydrogens (tertiary/aromatic N) is 1. The van der Waals surface area contributed by atoms with Crippen molar-refractivity contribution in [3.63, 3.8) is 0 Å². The number of aromatic nitrogens is 1. The SMILES string of the molecule is COc1ccc([C@H]2C(C(=O)Nc3cc(C)ccn3)=C(C)NC3=C2C(=O)CCC3)cc1COc1ccccc1C(N)=O. The van der Waals surface area contributed by atoms with Crippen LogP contribution in [0.25, 0.3) is 0 Å². The third-order valence-electron chi connectivity index (χ3n) is 7.35. The van der Waals surface area contributed by atoms with Gasteiger partial charge in [-0.05, 0) is 74.2 Å². The number of para-hydroxylation sites is 1. The number of nitrogens with two attached hydrogens (primary N) is 1. The second kappa shape index (κ2) is 11.7. The van der Waals surface area contributed by atoms with Crippen molar-refractivity contribution in [3.8, 4) is 11.5 Å². The van der Waals surface area contributed by atoms with Gasteiger partial charge >= 0.3 is 0 Å². The van der Waals surface area contributed by atoms with Crippen LogP contribution >= 0.6 is 0 Å². The van der Waals surface area contributed by atoms with Gasteiger partial charge in [0.25, 0.3) is 11.8 Å². The van der Waals surface area contributed by atoms with Crippen LogP contribution in [0.2, 0.25) is 0 Å². The summed E-state index contributed by atoms with van der Waals surface area (Å²) in [5, 5.41) is 6.26. The van der Waals surface area contributed by atoms with Crippen LogP contribution in [0.4, 0.5) is 5.82 Å². The molecule has 210 valence electrons. The molecule has 0 saturated heterocycles. The first kappa shape index (κ1) is 27.6. The van der Waals surface area contributed by atoms with E-state index in [-0.39, 0.29) is 23.9 Å². The van der Waals surface area contributed by atoms with E-state index in [2.05, 4.69) is 15.6 Å². The summed E-state index contributed by atoms with van der Waals surface area (Å²) in [6, 6.07) is 16.0. The van der Waals surface area contributed by atoms with E-state index >= 15 is 0 Å². The van der Waals surface area contributed by atoms with Crippen LogP contribution < -0.4 is 25.8 Å². The van der Waals surface area contributed by atoms with Crippen molar-refractivity contribution in [2.45, 2.75) is 45.6 Å². The number of hydrogen-bond donors (Lipinski definition) is 3. The highest BCUT2D eigenvalue weighted by Crippen LogP contribution is 2.43. The van der Waals surface area contributed by atoms with Crippen molar-refractivity contribution in [2.24, 2.45) is 5.73 Å². The molecule has 0 fully saturated rings. The Morgan fingerprint density at radius 1 is 1.07 bits per heavy atom. The highest BCUT2D eigenvalue weighted by molar-refractivity contribution is 6.09. The predicted octanol–water partition coefficient (Wildman–Crippen LogP) is 4.68. The molecule has 2 heterocycles. The van der Waals surface area contributed by atoms with E-state index in [0.717, 1.165) is 29.7 Å². The number of anilines is 1. The van der Waals surface area contributed by atoms with Gasteiger partial charge in [-0.3, -0.25) is 14.4 Å². The predicted molar refractivity (Wildman–Crippen MR) is 154 cm³/mol. The van der Waals surface area contributed by atoms with Crippen molar-refractivity contribution in [1.29, 1.82) is 0 Å². The second-order valence-electron chi connectivity index (χ2n) is 10.2. The molecule has 0 spiro atoms. The first-order valence-electron chi connectivity index (χ1n) is 13.4. The van der Waals surface area contributed by atoms with Gasteiger partial charge < -0.3 is 25.8 Å². The van der Waals surface area contributed by atoms with Crippen molar-refractivity contribution < 1.29 is 23.9 Å². The van der Waals surface area contributed by atoms with E-state index in [9.17, 15) is 14.4 Å². The van der Waals surface area contributed by atoms with Gasteiger partial charge in [0.1, 0.15) is 23.9 Å². The Morgan fingerprint density at radius 2 is 1.88 bits per heavy atom. The van der Waals surface area contributed by atoms with E-state index in [1.165, 1.54) is 0 Å². The van der Waals surface area contributed by atoms with Crippen LogP contribution in [0.3, 0.4) is 0 Å². The lowest BCUT2D eigenvalue weighted by atomic mass is 9.74. The molecule has 2 aromatic carbocycles. The number of methoxy groups -OCH3 is 1. The number of primary amides is 1. The maximum atomic E-state index is 13.8. The maximum absolute atomic E-state index is 13.8. The average Bonchev–Trinajstić information content (AvgIpc) is 2.95. The Balaban J connectivity index is 1.55. The fourth-order valence-corrected chi connectivity index (χ4v) is 5.45. The smallest absolute Gasteiger partial charge is 0.255 e. The van der Waals surface area contributed by atoms with E-state index in [0.29, 0.717) is 46.1 Å². The number of hydrogen-bond acceptors (Lipinski definition) is 7. The fourth-order valence-electron chi connectivity index (χ4n) is 5.45. The number of aryl methyl sites for hydroxylation is 1. The molecule has 1 atom stereocenters. The Morgan fingerprint density at radius 3 is 2.63 bits per heavy atom. The van der Waals surface area contributed by atoms with Gasteiger partial charge in [0, 0.05) is 46.6 Å². The number of ketones is 1. The fraction of sp³-hybridized carbons (Fsp3) is 0.250. The highest BCUT2D eigenvalue weighted by Gasteiger charge is 2.38. The topological polar surface area (TPSA) is 133 Å². The lowest BCUT2D eigenvalue weighted by molar-refractivity contribution is -0.116. The molecule has 3 aromatic rings. The molecule has 4 N–H and O–H groups in total. The quantitative estimate of drug-likeness (QED) is 0.370. The number of allylic oxidation sites excluding steroid dienone is 3. The zero-order valence-corrected chi connectivity index (χ0v) is 23.2. The second-order valence-corrected chi connectivity index (χ2v) is 10.2. The summed E-state index contributed by atoms with van der Waals surface area (Å²) < 4.78 is 11.6. The molecular formula is C32H32N4O5. The van der Waals surface area contributed by atoms with Crippen molar-refractivity contribution >= 4 is 23.4 Å². The molecule has 1 aliphatic carbocycles. The van der Waals surface area contributed by atoms with Crippen molar-refractivity contribution in [3.05, 3.63) is 106 Å². The third kappa shape index (κ3) is 5.70. The number of pyridine rings is 1. The van der Waals surface area contributed by atoms with Crippen molar-refractivity contribution in [1.82, 2.24) is 10.3 Å². The number of amides is 2. The number of benzene rings is 2. The number of rotatable bonds is 8. The molecule has 41 heavy (non-hydrogen) atoms. The number of nitrogens with one attached hydrogen (secondary N) is 2. The molecule has 9 nitrogen and oxygen atoms in total. The lowest BCUT2D eigenvalue weighted by Crippen LogP contribution is -2.35. The normalized spacial score (nSPS) is 16.6. The van der Waals surface area contributed by atoms with Gasteiger partial charge in [-0.2, -0.15) is 0 Å². The molecule has 0 saturated carbocycles. The van der Waals surface area contributed by atoms with Gasteiger partial charge in [0.15, 0.2) is 5.78 Å². The Hall–Kier alpha value is -4.92. The van der Waals surface area contributed by atoms with Crippen LogP contribution in [0, 0.1) is 6.92 Å². The van der Waals surface area contributed by atoms with E-state index in [1.54, 1.807) is 49.7 Å². The number of ether oxygens (including phenoxy) is 2. The number of Topliss-reactive ketones (excluding diaryl/α,β-unsaturated/α-hetero) is 1. The summed E-state index contributed by atoms with van der Waals surface area (Å²) >= 11 is 0. The molecule has 9 heteroatoms. The van der Waals surface area contributed by atoms with Gasteiger partial charge in [-0.15, -0.1) is 0 Å². The molecule has 5 rings (SSSR count). The van der Waals surface area contributed by atoms with Crippen LogP contribution in [-0.2, 0) is 16.2 Å². The maximum Gasteiger partial charge on any atom is 0.255 e. The van der Waals surface area contributed by atoms with Gasteiger partial charge in [0.2, 0.25) is 0 Å². The minimum atomic E-state index is -0.605. The highest BCUT2D eigenvalue weighted by atomic mass is 16.5. The zero-order chi connectivity index (χ0) is 29.1. The first-order valence-corrected chi connectivity index (χ1v) is 13.4. The number of carbonyl (C=O) groups is 3. The molecule has 2 aliphatic rings. The summed E-state index contributed by atoms with van der Waals surface area (Å²) in [5.41, 5.74) is 10.8. The third-order valence-corrected chi connectivity index (χ3v) is 7.35. The van der Waals surface area contributed by atoms with Crippen LogP contribution in [0.15, 0.2) is 83.3 Å². The lowest BCUT2D eigenvalue weighted by Gasteiger charge is -2.34.